The Balaban J connectivity index is 1.56. The number of ether oxygens (including phenoxy) is 1. The van der Waals surface area contributed by atoms with E-state index >= 15 is 0 Å². The van der Waals surface area contributed by atoms with Crippen molar-refractivity contribution in [2.24, 2.45) is 0 Å². The minimum absolute atomic E-state index is 0.500. The molecule has 24 heavy (non-hydrogen) atoms. The number of nitrogens with one attached hydrogen (secondary N) is 2. The molecule has 1 aromatic heterocycles. The molecule has 1 aliphatic heterocycles. The molecule has 7 heteroatoms. The number of benzene rings is 1. The van der Waals surface area contributed by atoms with Crippen LogP contribution in [-0.4, -0.2) is 59.5 Å². The van der Waals surface area contributed by atoms with Gasteiger partial charge in [0.15, 0.2) is 5.82 Å². The molecule has 7 nitrogen and oxygen atoms in total. The first kappa shape index (κ1) is 16.6. The highest BCUT2D eigenvalue weighted by Crippen LogP contribution is 2.20. The lowest BCUT2D eigenvalue weighted by Gasteiger charge is -2.26. The summed E-state index contributed by atoms with van der Waals surface area (Å²) in [4.78, 5) is 6.86. The Labute approximate surface area is 142 Å². The van der Waals surface area contributed by atoms with E-state index in [0.717, 1.165) is 50.9 Å². The van der Waals surface area contributed by atoms with E-state index in [4.69, 9.17) is 4.74 Å². The summed E-state index contributed by atoms with van der Waals surface area (Å²) in [6, 6.07) is 6.12. The van der Waals surface area contributed by atoms with E-state index in [2.05, 4.69) is 50.6 Å². The molecule has 1 aromatic carbocycles. The number of nitrogens with zero attached hydrogens (tertiary/aromatic N) is 4. The van der Waals surface area contributed by atoms with Crippen molar-refractivity contribution in [1.82, 2.24) is 20.1 Å². The summed E-state index contributed by atoms with van der Waals surface area (Å²) >= 11 is 0. The van der Waals surface area contributed by atoms with Gasteiger partial charge in [0.1, 0.15) is 0 Å². The summed E-state index contributed by atoms with van der Waals surface area (Å²) in [5.74, 6) is 1.23. The van der Waals surface area contributed by atoms with Gasteiger partial charge in [-0.3, -0.25) is 4.90 Å². The summed E-state index contributed by atoms with van der Waals surface area (Å²) in [7, 11) is 0. The predicted molar refractivity (Wildman–Crippen MR) is 94.8 cm³/mol. The van der Waals surface area contributed by atoms with Crippen LogP contribution < -0.4 is 10.6 Å². The van der Waals surface area contributed by atoms with Gasteiger partial charge >= 0.3 is 0 Å². The molecular weight excluding hydrogens is 304 g/mol. The number of rotatable bonds is 6. The van der Waals surface area contributed by atoms with Crippen molar-refractivity contribution in [2.45, 2.75) is 13.8 Å². The van der Waals surface area contributed by atoms with E-state index in [1.54, 1.807) is 6.20 Å². The molecule has 0 spiro atoms. The summed E-state index contributed by atoms with van der Waals surface area (Å²) in [5.41, 5.74) is 3.42. The van der Waals surface area contributed by atoms with Gasteiger partial charge in [0.2, 0.25) is 5.95 Å². The van der Waals surface area contributed by atoms with Crippen molar-refractivity contribution in [1.29, 1.82) is 0 Å². The molecule has 0 radical (unpaired) electrons. The van der Waals surface area contributed by atoms with Crippen molar-refractivity contribution in [2.75, 3.05) is 50.0 Å². The zero-order valence-electron chi connectivity index (χ0n) is 14.2. The number of hydrogen-bond donors (Lipinski definition) is 2. The second-order valence-corrected chi connectivity index (χ2v) is 5.92. The predicted octanol–water partition coefficient (Wildman–Crippen LogP) is 1.98. The minimum atomic E-state index is 0.500. The highest BCUT2D eigenvalue weighted by Gasteiger charge is 2.10. The SMILES string of the molecule is Cc1cccc(Nc2nncc(NCCN3CCOCC3)n2)c1C. The van der Waals surface area contributed by atoms with E-state index < -0.39 is 0 Å². The van der Waals surface area contributed by atoms with E-state index in [9.17, 15) is 0 Å². The summed E-state index contributed by atoms with van der Waals surface area (Å²) in [6.45, 7) is 9.57. The summed E-state index contributed by atoms with van der Waals surface area (Å²) in [6.07, 6.45) is 1.65. The van der Waals surface area contributed by atoms with Crippen LogP contribution in [0.3, 0.4) is 0 Å². The van der Waals surface area contributed by atoms with E-state index in [-0.39, 0.29) is 0 Å². The Bertz CT molecular complexity index is 672. The largest absolute Gasteiger partial charge is 0.379 e. The number of hydrogen-bond acceptors (Lipinski definition) is 7. The first-order valence-corrected chi connectivity index (χ1v) is 8.29. The molecule has 1 saturated heterocycles. The number of aromatic nitrogens is 3. The first-order valence-electron chi connectivity index (χ1n) is 8.29. The van der Waals surface area contributed by atoms with Crippen molar-refractivity contribution >= 4 is 17.5 Å². The molecular formula is C17H24N6O. The molecule has 0 atom stereocenters. The molecule has 0 saturated carbocycles. The Hall–Kier alpha value is -2.25. The molecule has 128 valence electrons. The topological polar surface area (TPSA) is 75.2 Å². The van der Waals surface area contributed by atoms with Crippen LogP contribution in [0.15, 0.2) is 24.4 Å². The maximum Gasteiger partial charge on any atom is 0.249 e. The quantitative estimate of drug-likeness (QED) is 0.839. The molecule has 2 aromatic rings. The molecule has 0 bridgehead atoms. The Kier molecular flexibility index (Phi) is 5.55. The fourth-order valence-electron chi connectivity index (χ4n) is 2.62. The molecule has 0 aliphatic carbocycles. The number of morpholine rings is 1. The Morgan fingerprint density at radius 2 is 2.04 bits per heavy atom. The van der Waals surface area contributed by atoms with Gasteiger partial charge in [-0.05, 0) is 31.0 Å². The van der Waals surface area contributed by atoms with Gasteiger partial charge in [-0.1, -0.05) is 12.1 Å². The Morgan fingerprint density at radius 3 is 2.88 bits per heavy atom. The van der Waals surface area contributed by atoms with Gasteiger partial charge in [0, 0.05) is 31.9 Å². The van der Waals surface area contributed by atoms with Crippen molar-refractivity contribution in [3.8, 4) is 0 Å². The van der Waals surface area contributed by atoms with Gasteiger partial charge in [0.05, 0.1) is 19.4 Å². The van der Waals surface area contributed by atoms with Crippen molar-refractivity contribution < 1.29 is 4.74 Å². The maximum atomic E-state index is 5.35. The van der Waals surface area contributed by atoms with Gasteiger partial charge in [-0.25, -0.2) is 0 Å². The zero-order valence-corrected chi connectivity index (χ0v) is 14.2. The van der Waals surface area contributed by atoms with E-state index in [0.29, 0.717) is 5.95 Å². The van der Waals surface area contributed by atoms with Crippen molar-refractivity contribution in [3.63, 3.8) is 0 Å². The minimum Gasteiger partial charge on any atom is -0.379 e. The van der Waals surface area contributed by atoms with Crippen LogP contribution in [0.1, 0.15) is 11.1 Å². The molecule has 2 N–H and O–H groups in total. The first-order chi connectivity index (χ1) is 11.7. The average molecular weight is 328 g/mol. The van der Waals surface area contributed by atoms with Crippen LogP contribution >= 0.6 is 0 Å². The van der Waals surface area contributed by atoms with Gasteiger partial charge < -0.3 is 15.4 Å². The van der Waals surface area contributed by atoms with E-state index in [1.165, 1.54) is 11.1 Å². The van der Waals surface area contributed by atoms with Gasteiger partial charge in [-0.15, -0.1) is 5.10 Å². The van der Waals surface area contributed by atoms with Crippen LogP contribution in [-0.2, 0) is 4.74 Å². The van der Waals surface area contributed by atoms with Gasteiger partial charge in [-0.2, -0.15) is 10.1 Å². The highest BCUT2D eigenvalue weighted by atomic mass is 16.5. The third-order valence-corrected chi connectivity index (χ3v) is 4.25. The lowest BCUT2D eigenvalue weighted by molar-refractivity contribution is 0.0398. The second-order valence-electron chi connectivity index (χ2n) is 5.92. The smallest absolute Gasteiger partial charge is 0.249 e. The second kappa shape index (κ2) is 8.03. The molecule has 0 unspecified atom stereocenters. The highest BCUT2D eigenvalue weighted by molar-refractivity contribution is 5.60. The number of anilines is 3. The average Bonchev–Trinajstić information content (AvgIpc) is 2.60. The van der Waals surface area contributed by atoms with Crippen LogP contribution in [0.2, 0.25) is 0 Å². The third-order valence-electron chi connectivity index (χ3n) is 4.25. The lowest BCUT2D eigenvalue weighted by atomic mass is 10.1. The summed E-state index contributed by atoms with van der Waals surface area (Å²) in [5, 5.41) is 14.6. The van der Waals surface area contributed by atoms with Crippen molar-refractivity contribution in [3.05, 3.63) is 35.5 Å². The number of aryl methyl sites for hydroxylation is 1. The molecule has 1 fully saturated rings. The maximum absolute atomic E-state index is 5.35. The Morgan fingerprint density at radius 1 is 1.21 bits per heavy atom. The van der Waals surface area contributed by atoms with Crippen LogP contribution in [0.4, 0.5) is 17.5 Å². The van der Waals surface area contributed by atoms with Crippen LogP contribution in [0.25, 0.3) is 0 Å². The monoisotopic (exact) mass is 328 g/mol. The molecule has 1 aliphatic rings. The zero-order chi connectivity index (χ0) is 16.8. The lowest BCUT2D eigenvalue weighted by Crippen LogP contribution is -2.39. The molecule has 2 heterocycles. The standard InChI is InChI=1S/C17H24N6O/c1-13-4-3-5-15(14(13)2)20-17-21-16(12-19-22-17)18-6-7-23-8-10-24-11-9-23/h3-5,12H,6-11H2,1-2H3,(H2,18,20,21,22). The molecule has 0 amide bonds. The van der Waals surface area contributed by atoms with E-state index in [1.807, 2.05) is 12.1 Å². The normalized spacial score (nSPS) is 15.2. The third kappa shape index (κ3) is 4.39. The van der Waals surface area contributed by atoms with Crippen LogP contribution in [0.5, 0.6) is 0 Å². The van der Waals surface area contributed by atoms with Crippen LogP contribution in [0, 0.1) is 13.8 Å². The van der Waals surface area contributed by atoms with Gasteiger partial charge in [0.25, 0.3) is 0 Å². The fraction of sp³-hybridized carbons (Fsp3) is 0.471. The fourth-order valence-corrected chi connectivity index (χ4v) is 2.62. The molecule has 3 rings (SSSR count). The summed E-state index contributed by atoms with van der Waals surface area (Å²) < 4.78 is 5.35.